The minimum atomic E-state index is -3.72. The molecule has 0 atom stereocenters. The molecule has 0 aliphatic carbocycles. The summed E-state index contributed by atoms with van der Waals surface area (Å²) in [5.74, 6) is 0.486. The zero-order valence-electron chi connectivity index (χ0n) is 23.0. The van der Waals surface area contributed by atoms with Crippen LogP contribution >= 0.6 is 0 Å². The molecule has 8 rings (SSSR count). The first kappa shape index (κ1) is 25.3. The second-order valence-corrected chi connectivity index (χ2v) is 12.5. The van der Waals surface area contributed by atoms with Gasteiger partial charge in [-0.25, -0.2) is 18.4 Å². The second-order valence-electron chi connectivity index (χ2n) is 10.6. The Morgan fingerprint density at radius 1 is 0.419 bits per heavy atom. The van der Waals surface area contributed by atoms with Crippen LogP contribution in [0.2, 0.25) is 0 Å². The van der Waals surface area contributed by atoms with Gasteiger partial charge in [0, 0.05) is 27.6 Å². The molecule has 5 heteroatoms. The molecule has 43 heavy (non-hydrogen) atoms. The summed E-state index contributed by atoms with van der Waals surface area (Å²) in [7, 11) is -3.72. The summed E-state index contributed by atoms with van der Waals surface area (Å²) in [4.78, 5) is 10.5. The molecule has 1 aliphatic heterocycles. The molecular formula is C38H24N2O2S. The quantitative estimate of drug-likeness (QED) is 0.211. The Bertz CT molecular complexity index is 2280. The predicted molar refractivity (Wildman–Crippen MR) is 172 cm³/mol. The van der Waals surface area contributed by atoms with Crippen molar-refractivity contribution in [2.75, 3.05) is 0 Å². The smallest absolute Gasteiger partial charge is 0.207 e. The van der Waals surface area contributed by atoms with Crippen LogP contribution in [-0.4, -0.2) is 18.4 Å². The molecule has 0 saturated carbocycles. The van der Waals surface area contributed by atoms with Crippen LogP contribution in [0.5, 0.6) is 0 Å². The van der Waals surface area contributed by atoms with Crippen LogP contribution in [0.3, 0.4) is 0 Å². The topological polar surface area (TPSA) is 59.9 Å². The first-order valence-corrected chi connectivity index (χ1v) is 15.6. The molecule has 1 aromatic heterocycles. The highest BCUT2D eigenvalue weighted by Crippen LogP contribution is 2.46. The number of hydrogen-bond acceptors (Lipinski definition) is 4. The van der Waals surface area contributed by atoms with Crippen molar-refractivity contribution in [1.82, 2.24) is 9.97 Å². The zero-order valence-corrected chi connectivity index (χ0v) is 23.8. The number of sulfone groups is 1. The minimum Gasteiger partial charge on any atom is -0.228 e. The number of nitrogens with zero attached hydrogens (tertiary/aromatic N) is 2. The van der Waals surface area contributed by atoms with Gasteiger partial charge in [-0.2, -0.15) is 0 Å². The lowest BCUT2D eigenvalue weighted by atomic mass is 9.99. The van der Waals surface area contributed by atoms with E-state index < -0.39 is 9.84 Å². The van der Waals surface area contributed by atoms with Gasteiger partial charge in [0.05, 0.1) is 21.0 Å². The van der Waals surface area contributed by atoms with E-state index in [0.29, 0.717) is 21.8 Å². The summed E-state index contributed by atoms with van der Waals surface area (Å²) in [6.45, 7) is 0. The van der Waals surface area contributed by atoms with E-state index in [4.69, 9.17) is 9.97 Å². The Morgan fingerprint density at radius 2 is 0.907 bits per heavy atom. The number of aromatic nitrogens is 2. The minimum absolute atomic E-state index is 0.288. The third-order valence-corrected chi connectivity index (χ3v) is 9.90. The third-order valence-electron chi connectivity index (χ3n) is 8.07. The number of hydrogen-bond donors (Lipinski definition) is 0. The van der Waals surface area contributed by atoms with Gasteiger partial charge in [0.1, 0.15) is 0 Å². The summed E-state index contributed by atoms with van der Waals surface area (Å²) in [6.07, 6.45) is 0. The van der Waals surface area contributed by atoms with E-state index in [1.165, 1.54) is 0 Å². The van der Waals surface area contributed by atoms with E-state index in [1.807, 2.05) is 97.1 Å². The summed E-state index contributed by atoms with van der Waals surface area (Å²) >= 11 is 0. The van der Waals surface area contributed by atoms with Gasteiger partial charge in [-0.1, -0.05) is 127 Å². The number of fused-ring (bicyclic) bond motifs is 4. The molecule has 0 radical (unpaired) electrons. The van der Waals surface area contributed by atoms with Crippen molar-refractivity contribution < 1.29 is 8.42 Å². The fraction of sp³-hybridized carbons (Fsp3) is 0. The van der Waals surface area contributed by atoms with Gasteiger partial charge in [0.2, 0.25) is 9.84 Å². The molecule has 4 nitrogen and oxygen atoms in total. The third kappa shape index (κ3) is 4.25. The van der Waals surface area contributed by atoms with E-state index >= 15 is 0 Å². The summed E-state index contributed by atoms with van der Waals surface area (Å²) in [5.41, 5.74) is 8.78. The van der Waals surface area contributed by atoms with Gasteiger partial charge in [0.15, 0.2) is 5.82 Å². The standard InChI is InChI=1S/C38H24N2O2S/c41-43(42)35-23-29(26-11-5-2-6-12-26)19-21-31(35)32-22-20-30(24-36(32)43)38-39-34-14-8-7-13-33(34)37(40-38)28-17-15-27(16-18-28)25-9-3-1-4-10-25/h1-24H. The molecule has 204 valence electrons. The van der Waals surface area contributed by atoms with Crippen LogP contribution in [-0.2, 0) is 9.84 Å². The zero-order chi connectivity index (χ0) is 29.0. The summed E-state index contributed by atoms with van der Waals surface area (Å²) in [5, 5.41) is 0.938. The molecule has 0 saturated heterocycles. The van der Waals surface area contributed by atoms with Gasteiger partial charge in [-0.05, 0) is 40.5 Å². The maximum Gasteiger partial charge on any atom is 0.207 e. The van der Waals surface area contributed by atoms with E-state index in [0.717, 1.165) is 50.0 Å². The Kier molecular flexibility index (Phi) is 5.81. The average molecular weight is 573 g/mol. The maximum atomic E-state index is 13.9. The number of benzene rings is 6. The Morgan fingerprint density at radius 3 is 1.58 bits per heavy atom. The molecule has 2 heterocycles. The van der Waals surface area contributed by atoms with Crippen LogP contribution < -0.4 is 0 Å². The van der Waals surface area contributed by atoms with Crippen molar-refractivity contribution in [3.05, 3.63) is 146 Å². The molecule has 0 amide bonds. The average Bonchev–Trinajstić information content (AvgIpc) is 3.30. The normalized spacial score (nSPS) is 13.0. The van der Waals surface area contributed by atoms with Crippen LogP contribution in [0.15, 0.2) is 155 Å². The molecule has 7 aromatic rings. The molecular weight excluding hydrogens is 548 g/mol. The number of para-hydroxylation sites is 1. The van der Waals surface area contributed by atoms with Crippen LogP contribution in [0.1, 0.15) is 0 Å². The van der Waals surface area contributed by atoms with Gasteiger partial charge in [-0.15, -0.1) is 0 Å². The largest absolute Gasteiger partial charge is 0.228 e. The first-order valence-electron chi connectivity index (χ1n) is 14.1. The number of rotatable bonds is 4. The molecule has 0 spiro atoms. The van der Waals surface area contributed by atoms with Crippen molar-refractivity contribution in [1.29, 1.82) is 0 Å². The monoisotopic (exact) mass is 572 g/mol. The molecule has 0 bridgehead atoms. The fourth-order valence-electron chi connectivity index (χ4n) is 5.88. The maximum absolute atomic E-state index is 13.9. The molecule has 0 unspecified atom stereocenters. The SMILES string of the molecule is O=S1(=O)c2cc(-c3ccccc3)ccc2-c2ccc(-c3nc(-c4ccc(-c5ccccc5)cc4)c4ccccc4n3)cc21. The fourth-order valence-corrected chi connectivity index (χ4v) is 7.62. The van der Waals surface area contributed by atoms with Crippen molar-refractivity contribution >= 4 is 20.7 Å². The Balaban J connectivity index is 1.23. The van der Waals surface area contributed by atoms with Gasteiger partial charge in [-0.3, -0.25) is 0 Å². The van der Waals surface area contributed by atoms with Crippen LogP contribution in [0.4, 0.5) is 0 Å². The van der Waals surface area contributed by atoms with E-state index in [-0.39, 0.29) is 4.90 Å². The summed E-state index contributed by atoms with van der Waals surface area (Å²) < 4.78 is 27.7. The van der Waals surface area contributed by atoms with Gasteiger partial charge >= 0.3 is 0 Å². The lowest BCUT2D eigenvalue weighted by Gasteiger charge is -2.11. The van der Waals surface area contributed by atoms with Gasteiger partial charge in [0.25, 0.3) is 0 Å². The lowest BCUT2D eigenvalue weighted by molar-refractivity contribution is 0.599. The highest BCUT2D eigenvalue weighted by Gasteiger charge is 2.33. The van der Waals surface area contributed by atoms with Crippen molar-refractivity contribution in [2.45, 2.75) is 9.79 Å². The van der Waals surface area contributed by atoms with E-state index in [9.17, 15) is 8.42 Å². The van der Waals surface area contributed by atoms with E-state index in [1.54, 1.807) is 12.1 Å². The predicted octanol–water partition coefficient (Wildman–Crippen LogP) is 9.11. The molecule has 6 aromatic carbocycles. The van der Waals surface area contributed by atoms with Gasteiger partial charge < -0.3 is 0 Å². The highest BCUT2D eigenvalue weighted by atomic mass is 32.2. The Hall–Kier alpha value is -5.39. The summed E-state index contributed by atoms with van der Waals surface area (Å²) in [6, 6.07) is 47.6. The molecule has 1 aliphatic rings. The van der Waals surface area contributed by atoms with Crippen LogP contribution in [0.25, 0.3) is 66.9 Å². The molecule has 0 N–H and O–H groups in total. The van der Waals surface area contributed by atoms with Crippen molar-refractivity contribution in [3.8, 4) is 56.0 Å². The lowest BCUT2D eigenvalue weighted by Crippen LogP contribution is -1.99. The van der Waals surface area contributed by atoms with Crippen molar-refractivity contribution in [3.63, 3.8) is 0 Å². The van der Waals surface area contributed by atoms with Crippen LogP contribution in [0, 0.1) is 0 Å². The van der Waals surface area contributed by atoms with E-state index in [2.05, 4.69) is 36.4 Å². The van der Waals surface area contributed by atoms with Crippen molar-refractivity contribution in [2.24, 2.45) is 0 Å². The Labute approximate surface area is 249 Å². The highest BCUT2D eigenvalue weighted by molar-refractivity contribution is 7.92. The first-order chi connectivity index (χ1) is 21.1. The second kappa shape index (κ2) is 9.86. The molecule has 0 fully saturated rings.